The fourth-order valence-electron chi connectivity index (χ4n) is 2.60. The molecule has 1 N–H and O–H groups in total. The summed E-state index contributed by atoms with van der Waals surface area (Å²) in [6.45, 7) is -0.215. The molecule has 0 unspecified atom stereocenters. The molecule has 0 spiro atoms. The quantitative estimate of drug-likeness (QED) is 0.797. The van der Waals surface area contributed by atoms with Gasteiger partial charge in [-0.05, 0) is 30.4 Å². The van der Waals surface area contributed by atoms with E-state index in [4.69, 9.17) is 4.74 Å². The smallest absolute Gasteiger partial charge is 0.309 e. The van der Waals surface area contributed by atoms with Crippen molar-refractivity contribution in [2.45, 2.75) is 25.3 Å². The van der Waals surface area contributed by atoms with Crippen LogP contribution in [0, 0.1) is 5.92 Å². The van der Waals surface area contributed by atoms with Crippen molar-refractivity contribution in [3.63, 3.8) is 0 Å². The van der Waals surface area contributed by atoms with Crippen LogP contribution in [-0.2, 0) is 20.7 Å². The third-order valence-corrected chi connectivity index (χ3v) is 4.08. The SMILES string of the molecule is O=C(COC(=O)C1CC1)N[C@@H](Cc1ccccc1)c1ccccc1. The van der Waals surface area contributed by atoms with Crippen molar-refractivity contribution in [3.8, 4) is 0 Å². The van der Waals surface area contributed by atoms with Gasteiger partial charge in [-0.15, -0.1) is 0 Å². The van der Waals surface area contributed by atoms with Gasteiger partial charge in [-0.25, -0.2) is 0 Å². The van der Waals surface area contributed by atoms with Crippen LogP contribution in [0.3, 0.4) is 0 Å². The highest BCUT2D eigenvalue weighted by Crippen LogP contribution is 2.30. The van der Waals surface area contributed by atoms with Gasteiger partial charge in [-0.1, -0.05) is 60.7 Å². The van der Waals surface area contributed by atoms with Crippen molar-refractivity contribution in [1.29, 1.82) is 0 Å². The van der Waals surface area contributed by atoms with E-state index < -0.39 is 0 Å². The van der Waals surface area contributed by atoms with Crippen molar-refractivity contribution in [2.24, 2.45) is 5.92 Å². The van der Waals surface area contributed by atoms with Gasteiger partial charge in [0.15, 0.2) is 6.61 Å². The fourth-order valence-corrected chi connectivity index (χ4v) is 2.60. The topological polar surface area (TPSA) is 55.4 Å². The minimum atomic E-state index is -0.270. The number of ether oxygens (including phenoxy) is 1. The molecule has 0 aliphatic heterocycles. The minimum Gasteiger partial charge on any atom is -0.455 e. The second kappa shape index (κ2) is 7.77. The highest BCUT2D eigenvalue weighted by atomic mass is 16.5. The van der Waals surface area contributed by atoms with Crippen LogP contribution in [0.4, 0.5) is 0 Å². The molecule has 2 aromatic carbocycles. The van der Waals surface area contributed by atoms with Crippen LogP contribution >= 0.6 is 0 Å². The summed E-state index contributed by atoms with van der Waals surface area (Å²) >= 11 is 0. The number of hydrogen-bond donors (Lipinski definition) is 1. The van der Waals surface area contributed by atoms with E-state index in [1.807, 2.05) is 60.7 Å². The van der Waals surface area contributed by atoms with Crippen LogP contribution < -0.4 is 5.32 Å². The maximum Gasteiger partial charge on any atom is 0.309 e. The summed E-state index contributed by atoms with van der Waals surface area (Å²) < 4.78 is 5.06. The molecule has 24 heavy (non-hydrogen) atoms. The van der Waals surface area contributed by atoms with Crippen LogP contribution in [0.2, 0.25) is 0 Å². The van der Waals surface area contributed by atoms with E-state index in [0.29, 0.717) is 6.42 Å². The maximum absolute atomic E-state index is 12.2. The summed E-state index contributed by atoms with van der Waals surface area (Å²) in [7, 11) is 0. The lowest BCUT2D eigenvalue weighted by Crippen LogP contribution is -2.33. The molecule has 0 aromatic heterocycles. The molecular weight excluding hydrogens is 302 g/mol. The Morgan fingerprint density at radius 2 is 1.62 bits per heavy atom. The van der Waals surface area contributed by atoms with Gasteiger partial charge in [-0.3, -0.25) is 9.59 Å². The fraction of sp³-hybridized carbons (Fsp3) is 0.300. The van der Waals surface area contributed by atoms with Crippen LogP contribution in [0.15, 0.2) is 60.7 Å². The molecule has 3 rings (SSSR count). The van der Waals surface area contributed by atoms with Crippen LogP contribution in [0.25, 0.3) is 0 Å². The van der Waals surface area contributed by atoms with Gasteiger partial charge >= 0.3 is 5.97 Å². The zero-order valence-corrected chi connectivity index (χ0v) is 13.5. The molecule has 124 valence electrons. The minimum absolute atomic E-state index is 0.00652. The van der Waals surface area contributed by atoms with Gasteiger partial charge in [0.1, 0.15) is 0 Å². The highest BCUT2D eigenvalue weighted by molar-refractivity contribution is 5.82. The van der Waals surface area contributed by atoms with E-state index in [-0.39, 0.29) is 30.4 Å². The molecule has 1 amide bonds. The Hall–Kier alpha value is -2.62. The summed E-state index contributed by atoms with van der Waals surface area (Å²) in [5, 5.41) is 2.98. The monoisotopic (exact) mass is 323 g/mol. The Morgan fingerprint density at radius 1 is 1.00 bits per heavy atom. The Morgan fingerprint density at radius 3 is 2.25 bits per heavy atom. The Labute approximate surface area is 141 Å². The van der Waals surface area contributed by atoms with E-state index in [1.165, 1.54) is 0 Å². The molecule has 4 heteroatoms. The molecule has 0 radical (unpaired) electrons. The third-order valence-electron chi connectivity index (χ3n) is 4.08. The van der Waals surface area contributed by atoms with Crippen LogP contribution in [0.5, 0.6) is 0 Å². The van der Waals surface area contributed by atoms with Gasteiger partial charge < -0.3 is 10.1 Å². The van der Waals surface area contributed by atoms with Gasteiger partial charge in [0.05, 0.1) is 12.0 Å². The Balaban J connectivity index is 1.63. The molecule has 4 nitrogen and oxygen atoms in total. The molecule has 0 bridgehead atoms. The number of esters is 1. The zero-order chi connectivity index (χ0) is 16.8. The largest absolute Gasteiger partial charge is 0.455 e. The van der Waals surface area contributed by atoms with Gasteiger partial charge in [0.2, 0.25) is 0 Å². The standard InChI is InChI=1S/C20H21NO3/c22-19(14-24-20(23)17-11-12-17)21-18(16-9-5-2-6-10-16)13-15-7-3-1-4-8-15/h1-10,17-18H,11-14H2,(H,21,22)/t18-/m0/s1. The van der Waals surface area contributed by atoms with Crippen molar-refractivity contribution >= 4 is 11.9 Å². The van der Waals surface area contributed by atoms with Gasteiger partial charge in [-0.2, -0.15) is 0 Å². The van der Waals surface area contributed by atoms with E-state index in [0.717, 1.165) is 24.0 Å². The van der Waals surface area contributed by atoms with Crippen molar-refractivity contribution in [2.75, 3.05) is 6.61 Å². The number of carbonyl (C=O) groups excluding carboxylic acids is 2. The molecule has 1 fully saturated rings. The average molecular weight is 323 g/mol. The second-order valence-electron chi connectivity index (χ2n) is 6.10. The lowest BCUT2D eigenvalue weighted by molar-refractivity contribution is -0.150. The first-order chi connectivity index (χ1) is 11.7. The zero-order valence-electron chi connectivity index (χ0n) is 13.5. The van der Waals surface area contributed by atoms with Gasteiger partial charge in [0.25, 0.3) is 5.91 Å². The summed E-state index contributed by atoms with van der Waals surface area (Å²) in [6, 6.07) is 19.7. The first kappa shape index (κ1) is 16.2. The summed E-state index contributed by atoms with van der Waals surface area (Å²) in [6.07, 6.45) is 2.44. The van der Waals surface area contributed by atoms with E-state index in [1.54, 1.807) is 0 Å². The van der Waals surface area contributed by atoms with Crippen molar-refractivity contribution < 1.29 is 14.3 Å². The maximum atomic E-state index is 12.2. The second-order valence-corrected chi connectivity index (χ2v) is 6.10. The molecule has 1 atom stereocenters. The van der Waals surface area contributed by atoms with Gasteiger partial charge in [0, 0.05) is 0 Å². The average Bonchev–Trinajstić information content (AvgIpc) is 3.46. The van der Waals surface area contributed by atoms with E-state index >= 15 is 0 Å². The number of nitrogens with one attached hydrogen (secondary N) is 1. The highest BCUT2D eigenvalue weighted by Gasteiger charge is 2.31. The molecule has 1 aliphatic carbocycles. The predicted molar refractivity (Wildman–Crippen MR) is 91.2 cm³/mol. The predicted octanol–water partition coefficient (Wildman–Crippen LogP) is 3.04. The molecule has 2 aromatic rings. The summed E-state index contributed by atoms with van der Waals surface area (Å²) in [5.74, 6) is -0.523. The third kappa shape index (κ3) is 4.69. The first-order valence-corrected chi connectivity index (χ1v) is 8.27. The number of benzene rings is 2. The summed E-state index contributed by atoms with van der Waals surface area (Å²) in [4.78, 5) is 23.7. The van der Waals surface area contributed by atoms with Crippen LogP contribution in [-0.4, -0.2) is 18.5 Å². The van der Waals surface area contributed by atoms with E-state index in [2.05, 4.69) is 5.32 Å². The number of hydrogen-bond acceptors (Lipinski definition) is 3. The first-order valence-electron chi connectivity index (χ1n) is 8.27. The lowest BCUT2D eigenvalue weighted by atomic mass is 9.99. The normalized spacial score (nSPS) is 14.7. The molecule has 0 saturated heterocycles. The van der Waals surface area contributed by atoms with E-state index in [9.17, 15) is 9.59 Å². The Bertz CT molecular complexity index is 681. The molecule has 1 aliphatic rings. The molecule has 0 heterocycles. The van der Waals surface area contributed by atoms with Crippen LogP contribution in [0.1, 0.15) is 30.0 Å². The number of carbonyl (C=O) groups is 2. The molecule has 1 saturated carbocycles. The number of amides is 1. The van der Waals surface area contributed by atoms with Crippen molar-refractivity contribution in [1.82, 2.24) is 5.32 Å². The Kier molecular flexibility index (Phi) is 5.26. The lowest BCUT2D eigenvalue weighted by Gasteiger charge is -2.19. The number of rotatable bonds is 7. The molecular formula is C20H21NO3. The summed E-state index contributed by atoms with van der Waals surface area (Å²) in [5.41, 5.74) is 2.17. The van der Waals surface area contributed by atoms with Crippen molar-refractivity contribution in [3.05, 3.63) is 71.8 Å².